The van der Waals surface area contributed by atoms with Crippen LogP contribution in [-0.4, -0.2) is 24.0 Å². The van der Waals surface area contributed by atoms with Gasteiger partial charge in [0.15, 0.2) is 12.2 Å². The van der Waals surface area contributed by atoms with E-state index in [1.165, 1.54) is 19.2 Å². The van der Waals surface area contributed by atoms with E-state index in [4.69, 9.17) is 4.42 Å². The standard InChI is InChI=1S/C18H23N3O2.ClH/c22-17(7-6-14-8-10-19-11-9-14)20-12-16-18(23-13-21-16)15-4-2-1-3-5-15;/h1-5,13-14,19H,6-12H2,(H,20,22);1H. The number of amides is 1. The molecule has 1 aliphatic heterocycles. The summed E-state index contributed by atoms with van der Waals surface area (Å²) in [5.41, 5.74) is 1.75. The van der Waals surface area contributed by atoms with Crippen molar-refractivity contribution in [2.75, 3.05) is 13.1 Å². The Morgan fingerprint density at radius 2 is 2.00 bits per heavy atom. The smallest absolute Gasteiger partial charge is 0.220 e. The van der Waals surface area contributed by atoms with Crippen LogP contribution in [0.3, 0.4) is 0 Å². The van der Waals surface area contributed by atoms with Crippen molar-refractivity contribution in [1.29, 1.82) is 0 Å². The predicted molar refractivity (Wildman–Crippen MR) is 95.9 cm³/mol. The molecule has 1 amide bonds. The maximum absolute atomic E-state index is 12.0. The Morgan fingerprint density at radius 1 is 1.25 bits per heavy atom. The fourth-order valence-corrected chi connectivity index (χ4v) is 3.00. The Labute approximate surface area is 148 Å². The van der Waals surface area contributed by atoms with E-state index in [9.17, 15) is 4.79 Å². The molecule has 1 fully saturated rings. The van der Waals surface area contributed by atoms with E-state index in [-0.39, 0.29) is 18.3 Å². The van der Waals surface area contributed by atoms with Crippen molar-refractivity contribution in [2.24, 2.45) is 5.92 Å². The largest absolute Gasteiger partial charge is 0.443 e. The monoisotopic (exact) mass is 349 g/mol. The second-order valence-electron chi connectivity index (χ2n) is 6.00. The van der Waals surface area contributed by atoms with Gasteiger partial charge in [0.05, 0.1) is 6.54 Å². The van der Waals surface area contributed by atoms with Crippen molar-refractivity contribution in [3.8, 4) is 11.3 Å². The number of halogens is 1. The quantitative estimate of drug-likeness (QED) is 0.840. The van der Waals surface area contributed by atoms with Gasteiger partial charge in [0.2, 0.25) is 5.91 Å². The lowest BCUT2D eigenvalue weighted by atomic mass is 9.93. The first kappa shape index (κ1) is 18.5. The lowest BCUT2D eigenvalue weighted by Crippen LogP contribution is -2.29. The third-order valence-electron chi connectivity index (χ3n) is 4.37. The van der Waals surface area contributed by atoms with Crippen LogP contribution in [0, 0.1) is 5.92 Å². The molecule has 0 unspecified atom stereocenters. The van der Waals surface area contributed by atoms with Crippen LogP contribution in [0.25, 0.3) is 11.3 Å². The second kappa shape index (κ2) is 9.45. The number of hydrogen-bond donors (Lipinski definition) is 2. The predicted octanol–water partition coefficient (Wildman–Crippen LogP) is 3.16. The van der Waals surface area contributed by atoms with Gasteiger partial charge in [-0.3, -0.25) is 4.79 Å². The Morgan fingerprint density at radius 3 is 2.75 bits per heavy atom. The molecule has 1 aliphatic rings. The van der Waals surface area contributed by atoms with Gasteiger partial charge in [-0.05, 0) is 38.3 Å². The molecule has 2 aromatic rings. The van der Waals surface area contributed by atoms with E-state index < -0.39 is 0 Å². The molecule has 1 aromatic carbocycles. The minimum absolute atomic E-state index is 0. The van der Waals surface area contributed by atoms with Crippen LogP contribution in [0.5, 0.6) is 0 Å². The van der Waals surface area contributed by atoms with E-state index in [0.717, 1.165) is 36.5 Å². The third-order valence-corrected chi connectivity index (χ3v) is 4.37. The number of aromatic nitrogens is 1. The highest BCUT2D eigenvalue weighted by Crippen LogP contribution is 2.22. The molecule has 0 radical (unpaired) electrons. The van der Waals surface area contributed by atoms with Crippen molar-refractivity contribution >= 4 is 18.3 Å². The topological polar surface area (TPSA) is 67.2 Å². The van der Waals surface area contributed by atoms with Crippen molar-refractivity contribution < 1.29 is 9.21 Å². The summed E-state index contributed by atoms with van der Waals surface area (Å²) in [4.78, 5) is 16.3. The summed E-state index contributed by atoms with van der Waals surface area (Å²) in [5.74, 6) is 1.49. The van der Waals surface area contributed by atoms with Gasteiger partial charge in [-0.25, -0.2) is 4.98 Å². The van der Waals surface area contributed by atoms with Crippen LogP contribution in [-0.2, 0) is 11.3 Å². The van der Waals surface area contributed by atoms with Crippen molar-refractivity contribution in [2.45, 2.75) is 32.2 Å². The normalized spacial score (nSPS) is 14.8. The fourth-order valence-electron chi connectivity index (χ4n) is 3.00. The minimum Gasteiger partial charge on any atom is -0.443 e. The summed E-state index contributed by atoms with van der Waals surface area (Å²) in [7, 11) is 0. The molecule has 130 valence electrons. The molecule has 0 atom stereocenters. The molecule has 5 nitrogen and oxygen atoms in total. The van der Waals surface area contributed by atoms with E-state index in [0.29, 0.717) is 18.9 Å². The first-order chi connectivity index (χ1) is 11.3. The molecular formula is C18H24ClN3O2. The Kier molecular flexibility index (Phi) is 7.28. The van der Waals surface area contributed by atoms with Crippen molar-refractivity contribution in [3.63, 3.8) is 0 Å². The zero-order valence-corrected chi connectivity index (χ0v) is 14.5. The fraction of sp³-hybridized carbons (Fsp3) is 0.444. The molecule has 0 saturated carbocycles. The molecular weight excluding hydrogens is 326 g/mol. The molecule has 0 bridgehead atoms. The van der Waals surface area contributed by atoms with Crippen LogP contribution in [0.1, 0.15) is 31.4 Å². The lowest BCUT2D eigenvalue weighted by molar-refractivity contribution is -0.121. The summed E-state index contributed by atoms with van der Waals surface area (Å²) in [6, 6.07) is 9.83. The molecule has 1 saturated heterocycles. The SMILES string of the molecule is Cl.O=C(CCC1CCNCC1)NCc1ncoc1-c1ccccc1. The van der Waals surface area contributed by atoms with Crippen molar-refractivity contribution in [1.82, 2.24) is 15.6 Å². The number of carbonyl (C=O) groups excluding carboxylic acids is 1. The molecule has 24 heavy (non-hydrogen) atoms. The number of nitrogens with one attached hydrogen (secondary N) is 2. The minimum atomic E-state index is 0. The van der Waals surface area contributed by atoms with Gasteiger partial charge in [0.1, 0.15) is 5.69 Å². The zero-order valence-electron chi connectivity index (χ0n) is 13.7. The molecule has 6 heteroatoms. The highest BCUT2D eigenvalue weighted by Gasteiger charge is 2.15. The maximum atomic E-state index is 12.0. The molecule has 3 rings (SSSR count). The number of hydrogen-bond acceptors (Lipinski definition) is 4. The van der Waals surface area contributed by atoms with Gasteiger partial charge in [-0.2, -0.15) is 0 Å². The van der Waals surface area contributed by atoms with Crippen LogP contribution < -0.4 is 10.6 Å². The van der Waals surface area contributed by atoms with Crippen molar-refractivity contribution in [3.05, 3.63) is 42.4 Å². The van der Waals surface area contributed by atoms with Gasteiger partial charge in [0.25, 0.3) is 0 Å². The second-order valence-corrected chi connectivity index (χ2v) is 6.00. The average Bonchev–Trinajstić information content (AvgIpc) is 3.08. The Bertz CT molecular complexity index is 624. The van der Waals surface area contributed by atoms with Gasteiger partial charge in [-0.1, -0.05) is 30.3 Å². The summed E-state index contributed by atoms with van der Waals surface area (Å²) in [6.07, 6.45) is 5.34. The number of oxazole rings is 1. The highest BCUT2D eigenvalue weighted by atomic mass is 35.5. The summed E-state index contributed by atoms with van der Waals surface area (Å²) < 4.78 is 5.47. The Balaban J connectivity index is 0.00000208. The van der Waals surface area contributed by atoms with Crippen LogP contribution in [0.15, 0.2) is 41.1 Å². The number of rotatable bonds is 6. The Hall–Kier alpha value is -1.85. The van der Waals surface area contributed by atoms with Gasteiger partial charge in [0, 0.05) is 12.0 Å². The molecule has 2 N–H and O–H groups in total. The summed E-state index contributed by atoms with van der Waals surface area (Å²) >= 11 is 0. The zero-order chi connectivity index (χ0) is 15.9. The molecule has 0 spiro atoms. The molecule has 0 aliphatic carbocycles. The third kappa shape index (κ3) is 5.08. The molecule has 2 heterocycles. The van der Waals surface area contributed by atoms with Crippen LogP contribution in [0.2, 0.25) is 0 Å². The molecule has 1 aromatic heterocycles. The number of nitrogens with zero attached hydrogens (tertiary/aromatic N) is 1. The number of benzene rings is 1. The van der Waals surface area contributed by atoms with Crippen LogP contribution in [0.4, 0.5) is 0 Å². The first-order valence-electron chi connectivity index (χ1n) is 8.28. The van der Waals surface area contributed by atoms with Gasteiger partial charge in [-0.15, -0.1) is 12.4 Å². The number of piperidine rings is 1. The van der Waals surface area contributed by atoms with Crippen LogP contribution >= 0.6 is 12.4 Å². The maximum Gasteiger partial charge on any atom is 0.220 e. The van der Waals surface area contributed by atoms with Gasteiger partial charge < -0.3 is 15.1 Å². The van der Waals surface area contributed by atoms with E-state index in [2.05, 4.69) is 15.6 Å². The van der Waals surface area contributed by atoms with E-state index in [1.54, 1.807) is 0 Å². The summed E-state index contributed by atoms with van der Waals surface area (Å²) in [5, 5.41) is 6.31. The highest BCUT2D eigenvalue weighted by molar-refractivity contribution is 5.85. The van der Waals surface area contributed by atoms with E-state index >= 15 is 0 Å². The first-order valence-corrected chi connectivity index (χ1v) is 8.28. The number of carbonyl (C=O) groups is 1. The van der Waals surface area contributed by atoms with E-state index in [1.807, 2.05) is 30.3 Å². The van der Waals surface area contributed by atoms with Gasteiger partial charge >= 0.3 is 0 Å². The average molecular weight is 350 g/mol. The summed E-state index contributed by atoms with van der Waals surface area (Å²) in [6.45, 7) is 2.56. The lowest BCUT2D eigenvalue weighted by Gasteiger charge is -2.22.